The molecule has 0 bridgehead atoms. The molecule has 128 valence electrons. The molecule has 1 aliphatic heterocycles. The number of hydrogen-bond acceptors (Lipinski definition) is 3. The Balaban J connectivity index is 1.78. The number of alkyl halides is 3. The highest BCUT2D eigenvalue weighted by atomic mass is 19.4. The second kappa shape index (κ2) is 5.22. The molecule has 1 atom stereocenters. The van der Waals surface area contributed by atoms with Crippen LogP contribution in [-0.2, 0) is 10.2 Å². The van der Waals surface area contributed by atoms with E-state index in [1.807, 2.05) is 0 Å². The van der Waals surface area contributed by atoms with Gasteiger partial charge in [-0.25, -0.2) is 0 Å². The molecule has 1 aliphatic carbocycles. The quantitative estimate of drug-likeness (QED) is 0.926. The molecule has 1 aromatic rings. The Labute approximate surface area is 132 Å². The van der Waals surface area contributed by atoms with Gasteiger partial charge in [0.1, 0.15) is 5.69 Å². The number of nitrogens with zero attached hydrogens (tertiary/aromatic N) is 2. The summed E-state index contributed by atoms with van der Waals surface area (Å²) in [6.07, 6.45) is -2.70. The second-order valence-corrected chi connectivity index (χ2v) is 6.65. The van der Waals surface area contributed by atoms with Crippen molar-refractivity contribution in [3.05, 3.63) is 17.5 Å². The first kappa shape index (κ1) is 16.3. The van der Waals surface area contributed by atoms with Crippen molar-refractivity contribution in [2.24, 2.45) is 0 Å². The van der Waals surface area contributed by atoms with Gasteiger partial charge in [0.25, 0.3) is 5.91 Å². The van der Waals surface area contributed by atoms with Crippen molar-refractivity contribution in [3.63, 3.8) is 0 Å². The summed E-state index contributed by atoms with van der Waals surface area (Å²) in [6.45, 7) is 2.99. The van der Waals surface area contributed by atoms with Gasteiger partial charge >= 0.3 is 6.18 Å². The largest absolute Gasteiger partial charge is 0.419 e. The summed E-state index contributed by atoms with van der Waals surface area (Å²) in [6, 6.07) is 1.66. The molecule has 1 N–H and O–H groups in total. The number of ether oxygens (including phenoxy) is 1. The maximum atomic E-state index is 13.3. The van der Waals surface area contributed by atoms with E-state index in [9.17, 15) is 18.0 Å². The number of carbonyl (C=O) groups excluding carboxylic acids is 1. The minimum Gasteiger partial charge on any atom is -0.362 e. The van der Waals surface area contributed by atoms with Crippen LogP contribution in [0.3, 0.4) is 0 Å². The number of rotatable bonds is 3. The normalized spacial score (nSPS) is 27.1. The van der Waals surface area contributed by atoms with E-state index >= 15 is 0 Å². The number of halogens is 3. The third kappa shape index (κ3) is 2.73. The maximum Gasteiger partial charge on any atom is 0.419 e. The van der Waals surface area contributed by atoms with Gasteiger partial charge in [-0.1, -0.05) is 13.8 Å². The van der Waals surface area contributed by atoms with Crippen LogP contribution in [0.15, 0.2) is 6.07 Å². The van der Waals surface area contributed by atoms with Crippen molar-refractivity contribution in [2.45, 2.75) is 50.3 Å². The molecule has 3 rings (SSSR count). The van der Waals surface area contributed by atoms with Crippen LogP contribution >= 0.6 is 0 Å². The third-order valence-corrected chi connectivity index (χ3v) is 5.01. The highest BCUT2D eigenvalue weighted by Crippen LogP contribution is 2.46. The topological polar surface area (TPSA) is 58.2 Å². The molecule has 2 aliphatic rings. The predicted octanol–water partition coefficient (Wildman–Crippen LogP) is 2.64. The van der Waals surface area contributed by atoms with Crippen LogP contribution in [0.2, 0.25) is 0 Å². The zero-order valence-corrected chi connectivity index (χ0v) is 13.2. The van der Waals surface area contributed by atoms with Crippen molar-refractivity contribution in [1.82, 2.24) is 15.1 Å². The molecule has 1 amide bonds. The summed E-state index contributed by atoms with van der Waals surface area (Å²) in [5.74, 6) is -0.484. The van der Waals surface area contributed by atoms with Gasteiger partial charge in [0.15, 0.2) is 5.60 Å². The van der Waals surface area contributed by atoms with Crippen LogP contribution < -0.4 is 0 Å². The van der Waals surface area contributed by atoms with Gasteiger partial charge in [-0.2, -0.15) is 18.3 Å². The third-order valence-electron chi connectivity index (χ3n) is 5.01. The molecule has 1 aromatic heterocycles. The molecule has 0 aromatic carbocycles. The minimum absolute atomic E-state index is 0.0235. The van der Waals surface area contributed by atoms with E-state index in [0.29, 0.717) is 0 Å². The maximum absolute atomic E-state index is 13.3. The van der Waals surface area contributed by atoms with Crippen LogP contribution in [0.5, 0.6) is 0 Å². The monoisotopic (exact) mass is 331 g/mol. The van der Waals surface area contributed by atoms with E-state index in [4.69, 9.17) is 4.74 Å². The van der Waals surface area contributed by atoms with E-state index in [1.165, 1.54) is 11.8 Å². The Kier molecular flexibility index (Phi) is 3.70. The van der Waals surface area contributed by atoms with E-state index in [-0.39, 0.29) is 30.7 Å². The lowest BCUT2D eigenvalue weighted by molar-refractivity contribution is -0.293. The molecule has 0 radical (unpaired) electrons. The number of aromatic amines is 1. The number of H-pyrrole nitrogens is 1. The Morgan fingerprint density at radius 1 is 1.48 bits per heavy atom. The van der Waals surface area contributed by atoms with Crippen LogP contribution in [0.4, 0.5) is 13.2 Å². The summed E-state index contributed by atoms with van der Waals surface area (Å²) in [5, 5.41) is 6.84. The van der Waals surface area contributed by atoms with Crippen molar-refractivity contribution in [1.29, 1.82) is 0 Å². The first-order valence-electron chi connectivity index (χ1n) is 7.77. The number of morpholine rings is 1. The lowest BCUT2D eigenvalue weighted by Gasteiger charge is -2.42. The van der Waals surface area contributed by atoms with Gasteiger partial charge in [-0.15, -0.1) is 0 Å². The summed E-state index contributed by atoms with van der Waals surface area (Å²) >= 11 is 0. The number of carbonyl (C=O) groups is 1. The molecule has 1 unspecified atom stereocenters. The number of nitrogens with one attached hydrogen (secondary N) is 1. The van der Waals surface area contributed by atoms with Crippen molar-refractivity contribution in [2.75, 3.05) is 19.7 Å². The fraction of sp³-hybridized carbons (Fsp3) is 0.733. The van der Waals surface area contributed by atoms with Crippen LogP contribution in [0, 0.1) is 0 Å². The van der Waals surface area contributed by atoms with E-state index in [1.54, 1.807) is 6.07 Å². The van der Waals surface area contributed by atoms with Gasteiger partial charge in [-0.3, -0.25) is 9.89 Å². The Morgan fingerprint density at radius 2 is 2.17 bits per heavy atom. The molecule has 5 nitrogen and oxygen atoms in total. The van der Waals surface area contributed by atoms with Gasteiger partial charge in [0.2, 0.25) is 0 Å². The molecule has 2 fully saturated rings. The molecular weight excluding hydrogens is 311 g/mol. The predicted molar refractivity (Wildman–Crippen MR) is 76.1 cm³/mol. The lowest BCUT2D eigenvalue weighted by Crippen LogP contribution is -2.60. The van der Waals surface area contributed by atoms with Crippen molar-refractivity contribution < 1.29 is 22.7 Å². The Morgan fingerprint density at radius 3 is 2.74 bits per heavy atom. The van der Waals surface area contributed by atoms with Gasteiger partial charge in [0, 0.05) is 17.7 Å². The van der Waals surface area contributed by atoms with E-state index in [0.717, 1.165) is 18.5 Å². The van der Waals surface area contributed by atoms with Crippen LogP contribution in [0.1, 0.15) is 49.3 Å². The summed E-state index contributed by atoms with van der Waals surface area (Å²) in [4.78, 5) is 13.7. The van der Waals surface area contributed by atoms with Crippen LogP contribution in [-0.4, -0.2) is 52.5 Å². The zero-order valence-electron chi connectivity index (χ0n) is 13.2. The van der Waals surface area contributed by atoms with Crippen molar-refractivity contribution >= 4 is 5.91 Å². The van der Waals surface area contributed by atoms with Crippen molar-refractivity contribution in [3.8, 4) is 0 Å². The number of aromatic nitrogens is 2. The van der Waals surface area contributed by atoms with E-state index in [2.05, 4.69) is 17.1 Å². The SMILES string of the molecule is CCC1(C(F)(F)F)CN(C(=O)c2cc(C3(C)CC3)[nH]n2)CCO1. The second-order valence-electron chi connectivity index (χ2n) is 6.65. The van der Waals surface area contributed by atoms with Gasteiger partial charge < -0.3 is 9.64 Å². The number of amides is 1. The first-order valence-corrected chi connectivity index (χ1v) is 7.77. The first-order chi connectivity index (χ1) is 10.7. The summed E-state index contributed by atoms with van der Waals surface area (Å²) in [7, 11) is 0. The molecule has 2 heterocycles. The average molecular weight is 331 g/mol. The molecular formula is C15H20F3N3O2. The Hall–Kier alpha value is -1.57. The average Bonchev–Trinajstić information content (AvgIpc) is 3.07. The molecule has 1 saturated carbocycles. The Bertz CT molecular complexity index is 609. The standard InChI is InChI=1S/C15H20F3N3O2/c1-3-14(15(16,17)18)9-21(6-7-23-14)12(22)10-8-11(20-19-10)13(2)4-5-13/h8H,3-7,9H2,1-2H3,(H,19,20). The fourth-order valence-corrected chi connectivity index (χ4v) is 2.90. The highest BCUT2D eigenvalue weighted by Gasteiger charge is 2.57. The summed E-state index contributed by atoms with van der Waals surface area (Å²) in [5.41, 5.74) is -1.23. The van der Waals surface area contributed by atoms with Gasteiger partial charge in [0.05, 0.1) is 13.2 Å². The zero-order chi connectivity index (χ0) is 16.9. The minimum atomic E-state index is -4.51. The van der Waals surface area contributed by atoms with Gasteiger partial charge in [-0.05, 0) is 25.3 Å². The molecule has 8 heteroatoms. The summed E-state index contributed by atoms with van der Waals surface area (Å²) < 4.78 is 45.0. The van der Waals surface area contributed by atoms with Crippen LogP contribution in [0.25, 0.3) is 0 Å². The lowest BCUT2D eigenvalue weighted by atomic mass is 9.97. The smallest absolute Gasteiger partial charge is 0.362 e. The molecule has 1 saturated heterocycles. The van der Waals surface area contributed by atoms with E-state index < -0.39 is 24.2 Å². The number of hydrogen-bond donors (Lipinski definition) is 1. The molecule has 23 heavy (non-hydrogen) atoms. The molecule has 0 spiro atoms. The highest BCUT2D eigenvalue weighted by molar-refractivity contribution is 5.92. The fourth-order valence-electron chi connectivity index (χ4n) is 2.90.